The second kappa shape index (κ2) is 5.96. The number of hydrogen-bond acceptors (Lipinski definition) is 2. The van der Waals surface area contributed by atoms with Crippen molar-refractivity contribution in [1.82, 2.24) is 5.32 Å². The van der Waals surface area contributed by atoms with E-state index >= 15 is 0 Å². The van der Waals surface area contributed by atoms with E-state index in [4.69, 9.17) is 5.73 Å². The molecule has 98 valence electrons. The molecule has 0 aliphatic heterocycles. The minimum atomic E-state index is -0.192. The number of primary amides is 1. The van der Waals surface area contributed by atoms with E-state index in [1.165, 1.54) is 6.07 Å². The highest BCUT2D eigenvalue weighted by atomic mass is 19.1. The van der Waals surface area contributed by atoms with Crippen molar-refractivity contribution in [2.24, 2.45) is 11.7 Å². The number of carbonyl (C=O) groups excluding carboxylic acids is 1. The van der Waals surface area contributed by atoms with Gasteiger partial charge in [0.2, 0.25) is 5.91 Å². The van der Waals surface area contributed by atoms with Gasteiger partial charge in [-0.2, -0.15) is 0 Å². The molecule has 1 aliphatic carbocycles. The first-order valence-corrected chi connectivity index (χ1v) is 6.43. The van der Waals surface area contributed by atoms with Crippen molar-refractivity contribution in [3.05, 3.63) is 35.6 Å². The molecule has 0 spiro atoms. The van der Waals surface area contributed by atoms with Gasteiger partial charge in [-0.25, -0.2) is 4.39 Å². The van der Waals surface area contributed by atoms with Gasteiger partial charge < -0.3 is 11.1 Å². The summed E-state index contributed by atoms with van der Waals surface area (Å²) in [6.45, 7) is 0.540. The van der Waals surface area contributed by atoms with Crippen molar-refractivity contribution in [2.75, 3.05) is 0 Å². The quantitative estimate of drug-likeness (QED) is 0.858. The van der Waals surface area contributed by atoms with Crippen LogP contribution in [0.2, 0.25) is 0 Å². The average molecular weight is 250 g/mol. The van der Waals surface area contributed by atoms with Crippen molar-refractivity contribution in [1.29, 1.82) is 0 Å². The Morgan fingerprint density at radius 2 is 1.94 bits per heavy atom. The minimum Gasteiger partial charge on any atom is -0.369 e. The lowest BCUT2D eigenvalue weighted by molar-refractivity contribution is -0.122. The van der Waals surface area contributed by atoms with Crippen molar-refractivity contribution >= 4 is 5.91 Å². The molecule has 1 aromatic rings. The summed E-state index contributed by atoms with van der Waals surface area (Å²) in [5, 5.41) is 3.35. The van der Waals surface area contributed by atoms with Crippen LogP contribution >= 0.6 is 0 Å². The second-order valence-corrected chi connectivity index (χ2v) is 4.92. The van der Waals surface area contributed by atoms with Crippen molar-refractivity contribution in [3.63, 3.8) is 0 Å². The summed E-state index contributed by atoms with van der Waals surface area (Å²) >= 11 is 0. The fourth-order valence-corrected chi connectivity index (χ4v) is 2.48. The Hall–Kier alpha value is -1.42. The zero-order valence-corrected chi connectivity index (χ0v) is 10.4. The van der Waals surface area contributed by atoms with Crippen LogP contribution in [0.4, 0.5) is 4.39 Å². The topological polar surface area (TPSA) is 55.1 Å². The maximum Gasteiger partial charge on any atom is 0.220 e. The van der Waals surface area contributed by atoms with Gasteiger partial charge in [-0.05, 0) is 31.7 Å². The van der Waals surface area contributed by atoms with Crippen LogP contribution < -0.4 is 11.1 Å². The van der Waals surface area contributed by atoms with Crippen LogP contribution in [-0.4, -0.2) is 11.9 Å². The largest absolute Gasteiger partial charge is 0.369 e. The third-order valence-corrected chi connectivity index (χ3v) is 3.67. The number of nitrogens with two attached hydrogens (primary N) is 1. The summed E-state index contributed by atoms with van der Waals surface area (Å²) in [6, 6.07) is 7.15. The Morgan fingerprint density at radius 3 is 2.56 bits per heavy atom. The SMILES string of the molecule is NC(=O)C1CCC(NCc2ccccc2F)CC1. The van der Waals surface area contributed by atoms with Gasteiger partial charge in [0.25, 0.3) is 0 Å². The zero-order chi connectivity index (χ0) is 13.0. The molecule has 0 bridgehead atoms. The van der Waals surface area contributed by atoms with Crippen LogP contribution in [-0.2, 0) is 11.3 Å². The molecule has 3 N–H and O–H groups in total. The highest BCUT2D eigenvalue weighted by molar-refractivity contribution is 5.76. The van der Waals surface area contributed by atoms with Crippen LogP contribution in [0.25, 0.3) is 0 Å². The molecule has 0 heterocycles. The lowest BCUT2D eigenvalue weighted by atomic mass is 9.85. The van der Waals surface area contributed by atoms with Crippen LogP contribution in [0.5, 0.6) is 0 Å². The van der Waals surface area contributed by atoms with E-state index in [2.05, 4.69) is 5.32 Å². The molecule has 1 saturated carbocycles. The molecule has 0 saturated heterocycles. The molecule has 4 heteroatoms. The van der Waals surface area contributed by atoms with Crippen molar-refractivity contribution in [3.8, 4) is 0 Å². The van der Waals surface area contributed by atoms with E-state index in [9.17, 15) is 9.18 Å². The Balaban J connectivity index is 1.79. The van der Waals surface area contributed by atoms with Gasteiger partial charge in [-0.15, -0.1) is 0 Å². The fraction of sp³-hybridized carbons (Fsp3) is 0.500. The number of halogens is 1. The van der Waals surface area contributed by atoms with Crippen LogP contribution in [0.1, 0.15) is 31.2 Å². The third-order valence-electron chi connectivity index (χ3n) is 3.67. The van der Waals surface area contributed by atoms with Gasteiger partial charge in [0.15, 0.2) is 0 Å². The monoisotopic (exact) mass is 250 g/mol. The molecular formula is C14H19FN2O. The molecule has 1 amide bonds. The number of rotatable bonds is 4. The number of amides is 1. The molecule has 1 aliphatic rings. The van der Waals surface area contributed by atoms with Gasteiger partial charge in [-0.3, -0.25) is 4.79 Å². The lowest BCUT2D eigenvalue weighted by Crippen LogP contribution is -2.36. The Labute approximate surface area is 107 Å². The molecule has 0 radical (unpaired) electrons. The molecule has 1 fully saturated rings. The highest BCUT2D eigenvalue weighted by Crippen LogP contribution is 2.24. The summed E-state index contributed by atoms with van der Waals surface area (Å²) in [4.78, 5) is 11.0. The molecule has 3 nitrogen and oxygen atoms in total. The molecule has 18 heavy (non-hydrogen) atoms. The summed E-state index contributed by atoms with van der Waals surface area (Å²) < 4.78 is 13.4. The number of hydrogen-bond donors (Lipinski definition) is 2. The molecular weight excluding hydrogens is 231 g/mol. The smallest absolute Gasteiger partial charge is 0.220 e. The summed E-state index contributed by atoms with van der Waals surface area (Å²) in [7, 11) is 0. The van der Waals surface area contributed by atoms with E-state index in [0.717, 1.165) is 25.7 Å². The first kappa shape index (κ1) is 13.0. The Kier molecular flexibility index (Phi) is 4.31. The minimum absolute atomic E-state index is 0.0245. The van der Waals surface area contributed by atoms with Crippen molar-refractivity contribution < 1.29 is 9.18 Å². The number of benzene rings is 1. The summed E-state index contributed by atoms with van der Waals surface area (Å²) in [6.07, 6.45) is 3.54. The molecule has 0 unspecified atom stereocenters. The molecule has 1 aromatic carbocycles. The average Bonchev–Trinajstić information content (AvgIpc) is 2.38. The normalized spacial score (nSPS) is 23.8. The van der Waals surface area contributed by atoms with E-state index in [-0.39, 0.29) is 17.6 Å². The second-order valence-electron chi connectivity index (χ2n) is 4.92. The fourth-order valence-electron chi connectivity index (χ4n) is 2.48. The maximum absolute atomic E-state index is 13.4. The molecule has 2 rings (SSSR count). The number of carbonyl (C=O) groups is 1. The van der Waals surface area contributed by atoms with Gasteiger partial charge in [0.1, 0.15) is 5.82 Å². The van der Waals surface area contributed by atoms with Crippen LogP contribution in [0, 0.1) is 11.7 Å². The molecule has 0 aromatic heterocycles. The van der Waals surface area contributed by atoms with Crippen LogP contribution in [0.3, 0.4) is 0 Å². The van der Waals surface area contributed by atoms with Gasteiger partial charge in [0.05, 0.1) is 0 Å². The first-order valence-electron chi connectivity index (χ1n) is 6.43. The first-order chi connectivity index (χ1) is 8.66. The van der Waals surface area contributed by atoms with Crippen molar-refractivity contribution in [2.45, 2.75) is 38.3 Å². The van der Waals surface area contributed by atoms with Gasteiger partial charge in [-0.1, -0.05) is 18.2 Å². The molecule has 0 atom stereocenters. The predicted molar refractivity (Wildman–Crippen MR) is 68.2 cm³/mol. The third kappa shape index (κ3) is 3.29. The zero-order valence-electron chi connectivity index (χ0n) is 10.4. The van der Waals surface area contributed by atoms with Gasteiger partial charge in [0, 0.05) is 24.1 Å². The van der Waals surface area contributed by atoms with E-state index in [0.29, 0.717) is 18.2 Å². The predicted octanol–water partition coefficient (Wildman–Crippen LogP) is 1.96. The number of nitrogens with one attached hydrogen (secondary N) is 1. The standard InChI is InChI=1S/C14H19FN2O/c15-13-4-2-1-3-11(13)9-17-12-7-5-10(6-8-12)14(16)18/h1-4,10,12,17H,5-9H2,(H2,16,18). The van der Waals surface area contributed by atoms with Crippen LogP contribution in [0.15, 0.2) is 24.3 Å². The summed E-state index contributed by atoms with van der Waals surface area (Å²) in [5.41, 5.74) is 5.98. The lowest BCUT2D eigenvalue weighted by Gasteiger charge is -2.27. The highest BCUT2D eigenvalue weighted by Gasteiger charge is 2.24. The summed E-state index contributed by atoms with van der Waals surface area (Å²) in [5.74, 6) is -0.338. The Bertz CT molecular complexity index is 414. The van der Waals surface area contributed by atoms with E-state index in [1.54, 1.807) is 12.1 Å². The van der Waals surface area contributed by atoms with E-state index in [1.807, 2.05) is 6.07 Å². The van der Waals surface area contributed by atoms with E-state index < -0.39 is 0 Å². The Morgan fingerprint density at radius 1 is 1.28 bits per heavy atom. The van der Waals surface area contributed by atoms with Gasteiger partial charge >= 0.3 is 0 Å². The maximum atomic E-state index is 13.4.